The third-order valence-corrected chi connectivity index (χ3v) is 5.24. The summed E-state index contributed by atoms with van der Waals surface area (Å²) < 4.78 is 0. The van der Waals surface area contributed by atoms with Gasteiger partial charge in [0.2, 0.25) is 0 Å². The monoisotopic (exact) mass is 272 g/mol. The third-order valence-electron chi connectivity index (χ3n) is 5.24. The molecule has 2 saturated carbocycles. The van der Waals surface area contributed by atoms with Gasteiger partial charge in [-0.2, -0.15) is 0 Å². The van der Waals surface area contributed by atoms with Crippen LogP contribution in [0.5, 0.6) is 0 Å². The number of hydrogen-bond acceptors (Lipinski definition) is 2. The molecule has 0 saturated heterocycles. The van der Waals surface area contributed by atoms with Crippen LogP contribution in [-0.4, -0.2) is 24.5 Å². The Labute approximate surface area is 123 Å². The highest BCUT2D eigenvalue weighted by Crippen LogP contribution is 2.44. The summed E-state index contributed by atoms with van der Waals surface area (Å²) in [5.74, 6) is 0.806. The lowest BCUT2D eigenvalue weighted by Gasteiger charge is -2.37. The maximum Gasteiger partial charge on any atom is 0.0473 e. The Hall–Kier alpha value is -0.860. The van der Waals surface area contributed by atoms with Crippen molar-refractivity contribution in [1.29, 1.82) is 0 Å². The van der Waals surface area contributed by atoms with E-state index in [1.807, 2.05) is 0 Å². The Morgan fingerprint density at radius 2 is 1.80 bits per heavy atom. The van der Waals surface area contributed by atoms with Gasteiger partial charge in [-0.3, -0.25) is 4.90 Å². The zero-order valence-corrected chi connectivity index (χ0v) is 12.7. The van der Waals surface area contributed by atoms with Crippen LogP contribution in [0.2, 0.25) is 0 Å². The summed E-state index contributed by atoms with van der Waals surface area (Å²) in [5.41, 5.74) is 9.21. The predicted molar refractivity (Wildman–Crippen MR) is 84.8 cm³/mol. The zero-order valence-electron chi connectivity index (χ0n) is 12.7. The fraction of sp³-hybridized carbons (Fsp3) is 0.667. The molecule has 110 valence electrons. The molecule has 2 heteroatoms. The summed E-state index contributed by atoms with van der Waals surface area (Å²) in [6, 6.07) is 10.1. The number of likely N-dealkylation sites (N-methyl/N-ethyl adjacent to an activating group) is 1. The van der Waals surface area contributed by atoms with E-state index < -0.39 is 0 Å². The van der Waals surface area contributed by atoms with Gasteiger partial charge in [-0.1, -0.05) is 43.5 Å². The third kappa shape index (κ3) is 2.91. The molecule has 20 heavy (non-hydrogen) atoms. The second kappa shape index (κ2) is 6.28. The van der Waals surface area contributed by atoms with Crippen LogP contribution in [-0.2, 0) is 0 Å². The first kappa shape index (κ1) is 14.1. The number of rotatable bonds is 5. The average Bonchev–Trinajstić information content (AvgIpc) is 3.34. The number of nitrogens with zero attached hydrogens (tertiary/aromatic N) is 1. The Kier molecular flexibility index (Phi) is 4.42. The smallest absolute Gasteiger partial charge is 0.0473 e. The molecule has 1 unspecified atom stereocenters. The summed E-state index contributed by atoms with van der Waals surface area (Å²) in [6.07, 6.45) is 9.60. The summed E-state index contributed by atoms with van der Waals surface area (Å²) >= 11 is 0. The van der Waals surface area contributed by atoms with Crippen molar-refractivity contribution in [3.63, 3.8) is 0 Å². The van der Waals surface area contributed by atoms with Gasteiger partial charge in [-0.05, 0) is 49.8 Å². The second-order valence-corrected chi connectivity index (χ2v) is 6.61. The van der Waals surface area contributed by atoms with Crippen LogP contribution in [0.1, 0.15) is 68.0 Å². The minimum Gasteiger partial charge on any atom is -0.329 e. The van der Waals surface area contributed by atoms with Gasteiger partial charge in [0, 0.05) is 18.6 Å². The molecule has 2 N–H and O–H groups in total. The number of hydrogen-bond donors (Lipinski definition) is 1. The highest BCUT2D eigenvalue weighted by molar-refractivity contribution is 5.36. The van der Waals surface area contributed by atoms with Crippen molar-refractivity contribution in [3.05, 3.63) is 35.4 Å². The molecule has 1 aromatic carbocycles. The van der Waals surface area contributed by atoms with Gasteiger partial charge in [-0.25, -0.2) is 0 Å². The fourth-order valence-electron chi connectivity index (χ4n) is 3.84. The van der Waals surface area contributed by atoms with E-state index in [4.69, 9.17) is 5.73 Å². The molecule has 1 aromatic rings. The SMILES string of the molecule is CN(C1CCCCC1)C(CN)c1ccccc1C1CC1. The average molecular weight is 272 g/mol. The Morgan fingerprint density at radius 1 is 1.10 bits per heavy atom. The van der Waals surface area contributed by atoms with E-state index in [0.717, 1.165) is 18.5 Å². The van der Waals surface area contributed by atoms with Crippen molar-refractivity contribution in [1.82, 2.24) is 4.90 Å². The first-order chi connectivity index (χ1) is 9.81. The van der Waals surface area contributed by atoms with E-state index in [2.05, 4.69) is 36.2 Å². The molecule has 0 radical (unpaired) electrons. The molecule has 0 aliphatic heterocycles. The van der Waals surface area contributed by atoms with Gasteiger partial charge in [-0.15, -0.1) is 0 Å². The van der Waals surface area contributed by atoms with Crippen molar-refractivity contribution in [2.24, 2.45) is 5.73 Å². The second-order valence-electron chi connectivity index (χ2n) is 6.61. The van der Waals surface area contributed by atoms with E-state index in [9.17, 15) is 0 Å². The van der Waals surface area contributed by atoms with Crippen molar-refractivity contribution in [2.45, 2.75) is 62.9 Å². The van der Waals surface area contributed by atoms with Gasteiger partial charge >= 0.3 is 0 Å². The van der Waals surface area contributed by atoms with E-state index in [1.165, 1.54) is 50.5 Å². The topological polar surface area (TPSA) is 29.3 Å². The summed E-state index contributed by atoms with van der Waals surface area (Å²) in [5, 5.41) is 0. The molecule has 0 spiro atoms. The van der Waals surface area contributed by atoms with Crippen LogP contribution in [0.15, 0.2) is 24.3 Å². The maximum atomic E-state index is 6.16. The molecule has 0 amide bonds. The maximum absolute atomic E-state index is 6.16. The summed E-state index contributed by atoms with van der Waals surface area (Å²) in [6.45, 7) is 0.733. The normalized spacial score (nSPS) is 22.1. The molecule has 2 aliphatic rings. The molecule has 0 aromatic heterocycles. The molecule has 2 aliphatic carbocycles. The van der Waals surface area contributed by atoms with Gasteiger partial charge < -0.3 is 5.73 Å². The van der Waals surface area contributed by atoms with Crippen LogP contribution in [0.3, 0.4) is 0 Å². The van der Waals surface area contributed by atoms with Crippen LogP contribution < -0.4 is 5.73 Å². The zero-order chi connectivity index (χ0) is 13.9. The van der Waals surface area contributed by atoms with E-state index in [-0.39, 0.29) is 0 Å². The minimum absolute atomic E-state index is 0.398. The minimum atomic E-state index is 0.398. The van der Waals surface area contributed by atoms with E-state index in [0.29, 0.717) is 6.04 Å². The molecule has 2 nitrogen and oxygen atoms in total. The number of benzene rings is 1. The van der Waals surface area contributed by atoms with Gasteiger partial charge in [0.05, 0.1) is 0 Å². The van der Waals surface area contributed by atoms with Crippen molar-refractivity contribution in [2.75, 3.05) is 13.6 Å². The molecule has 0 heterocycles. The van der Waals surface area contributed by atoms with Crippen LogP contribution >= 0.6 is 0 Å². The fourth-order valence-corrected chi connectivity index (χ4v) is 3.84. The predicted octanol–water partition coefficient (Wildman–Crippen LogP) is 3.83. The summed E-state index contributed by atoms with van der Waals surface area (Å²) in [7, 11) is 2.29. The molecular formula is C18H28N2. The number of nitrogens with two attached hydrogens (primary N) is 1. The van der Waals surface area contributed by atoms with Crippen LogP contribution in [0.25, 0.3) is 0 Å². The molecule has 0 bridgehead atoms. The van der Waals surface area contributed by atoms with Gasteiger partial charge in [0.15, 0.2) is 0 Å². The van der Waals surface area contributed by atoms with E-state index >= 15 is 0 Å². The Morgan fingerprint density at radius 3 is 2.45 bits per heavy atom. The first-order valence-electron chi connectivity index (χ1n) is 8.32. The molecule has 1 atom stereocenters. The molecule has 2 fully saturated rings. The lowest BCUT2D eigenvalue weighted by molar-refractivity contribution is 0.140. The molecule has 3 rings (SSSR count). The van der Waals surface area contributed by atoms with Crippen molar-refractivity contribution < 1.29 is 0 Å². The Balaban J connectivity index is 1.81. The standard InChI is InChI=1S/C18H28N2/c1-20(15-7-3-2-4-8-15)18(13-19)17-10-6-5-9-16(17)14-11-12-14/h5-6,9-10,14-15,18H,2-4,7-8,11-13,19H2,1H3. The quantitative estimate of drug-likeness (QED) is 0.882. The highest BCUT2D eigenvalue weighted by Gasteiger charge is 2.31. The van der Waals surface area contributed by atoms with Gasteiger partial charge in [0.1, 0.15) is 0 Å². The lowest BCUT2D eigenvalue weighted by atomic mass is 9.90. The Bertz CT molecular complexity index is 433. The van der Waals surface area contributed by atoms with E-state index in [1.54, 1.807) is 5.56 Å². The largest absolute Gasteiger partial charge is 0.329 e. The van der Waals surface area contributed by atoms with Crippen molar-refractivity contribution in [3.8, 4) is 0 Å². The summed E-state index contributed by atoms with van der Waals surface area (Å²) in [4.78, 5) is 2.57. The van der Waals surface area contributed by atoms with Crippen LogP contribution in [0, 0.1) is 0 Å². The van der Waals surface area contributed by atoms with Crippen LogP contribution in [0.4, 0.5) is 0 Å². The lowest BCUT2D eigenvalue weighted by Crippen LogP contribution is -2.40. The first-order valence-corrected chi connectivity index (χ1v) is 8.32. The molecular weight excluding hydrogens is 244 g/mol. The highest BCUT2D eigenvalue weighted by atomic mass is 15.2. The van der Waals surface area contributed by atoms with Crippen molar-refractivity contribution >= 4 is 0 Å². The van der Waals surface area contributed by atoms with Gasteiger partial charge in [0.25, 0.3) is 0 Å².